The molecule has 0 spiro atoms. The van der Waals surface area contributed by atoms with Crippen LogP contribution in [-0.4, -0.2) is 21.0 Å². The second kappa shape index (κ2) is 4.62. The predicted octanol–water partition coefficient (Wildman–Crippen LogP) is 2.89. The molecule has 0 radical (unpaired) electrons. The summed E-state index contributed by atoms with van der Waals surface area (Å²) >= 11 is 1.08. The number of benzene rings is 1. The number of fused-ring (bicyclic) bond motifs is 1. The highest BCUT2D eigenvalue weighted by atomic mass is 32.1. The topological polar surface area (TPSA) is 73.3 Å². The molecule has 0 fully saturated rings. The molecule has 3 rings (SSSR count). The highest BCUT2D eigenvalue weighted by Gasteiger charge is 2.08. The lowest BCUT2D eigenvalue weighted by Crippen LogP contribution is -1.91. The predicted molar refractivity (Wildman–Crippen MR) is 73.7 cm³/mol. The van der Waals surface area contributed by atoms with E-state index in [1.54, 1.807) is 18.5 Å². The Morgan fingerprint density at radius 2 is 2.16 bits per heavy atom. The summed E-state index contributed by atoms with van der Waals surface area (Å²) in [5, 5.41) is 20.0. The van der Waals surface area contributed by atoms with E-state index in [2.05, 4.69) is 10.2 Å². The Kier molecular flexibility index (Phi) is 2.81. The number of aromatic nitrogens is 2. The van der Waals surface area contributed by atoms with Gasteiger partial charge in [-0.2, -0.15) is 15.0 Å². The molecule has 0 aliphatic heterocycles. The van der Waals surface area contributed by atoms with Crippen molar-refractivity contribution in [3.8, 4) is 0 Å². The van der Waals surface area contributed by atoms with Crippen molar-refractivity contribution >= 4 is 33.5 Å². The van der Waals surface area contributed by atoms with E-state index >= 15 is 0 Å². The normalized spacial score (nSPS) is 11.4. The van der Waals surface area contributed by atoms with Crippen LogP contribution in [0.25, 0.3) is 10.9 Å². The van der Waals surface area contributed by atoms with Crippen LogP contribution >= 0.6 is 11.3 Å². The maximum absolute atomic E-state index is 10.6. The van der Waals surface area contributed by atoms with Crippen LogP contribution in [0.2, 0.25) is 0 Å². The first-order valence-electron chi connectivity index (χ1n) is 5.45. The third-order valence-corrected chi connectivity index (χ3v) is 3.52. The zero-order chi connectivity index (χ0) is 13.2. The first kappa shape index (κ1) is 11.5. The number of nitro groups is 1. The van der Waals surface area contributed by atoms with Crippen molar-refractivity contribution in [2.24, 2.45) is 5.10 Å². The van der Waals surface area contributed by atoms with Crippen molar-refractivity contribution in [1.82, 2.24) is 9.89 Å². The van der Waals surface area contributed by atoms with E-state index in [0.717, 1.165) is 22.2 Å². The monoisotopic (exact) mass is 272 g/mol. The third-order valence-electron chi connectivity index (χ3n) is 2.55. The van der Waals surface area contributed by atoms with Crippen LogP contribution in [0.4, 0.5) is 5.00 Å². The maximum Gasteiger partial charge on any atom is 0.324 e. The minimum Gasteiger partial charge on any atom is -0.258 e. The van der Waals surface area contributed by atoms with Gasteiger partial charge in [0.15, 0.2) is 0 Å². The maximum atomic E-state index is 10.6. The first-order valence-corrected chi connectivity index (χ1v) is 6.27. The molecule has 0 unspecified atom stereocenters. The molecule has 1 aromatic carbocycles. The van der Waals surface area contributed by atoms with E-state index < -0.39 is 4.92 Å². The fraction of sp³-hybridized carbons (Fsp3) is 0. The van der Waals surface area contributed by atoms with Gasteiger partial charge in [-0.25, -0.2) is 0 Å². The summed E-state index contributed by atoms with van der Waals surface area (Å²) in [7, 11) is 0. The molecule has 6 nitrogen and oxygen atoms in total. The average Bonchev–Trinajstić information content (AvgIpc) is 3.03. The van der Waals surface area contributed by atoms with Crippen LogP contribution in [0, 0.1) is 10.1 Å². The molecule has 0 bridgehead atoms. The number of hydrogen-bond donors (Lipinski definition) is 0. The van der Waals surface area contributed by atoms with Crippen molar-refractivity contribution in [3.63, 3.8) is 0 Å². The smallest absolute Gasteiger partial charge is 0.258 e. The third kappa shape index (κ3) is 2.23. The Hall–Kier alpha value is -2.54. The van der Waals surface area contributed by atoms with Crippen molar-refractivity contribution in [3.05, 3.63) is 57.6 Å². The van der Waals surface area contributed by atoms with E-state index in [1.807, 2.05) is 24.3 Å². The number of thiophene rings is 1. The summed E-state index contributed by atoms with van der Waals surface area (Å²) in [5.74, 6) is 0. The Balaban J connectivity index is 1.91. The molecule has 0 aliphatic carbocycles. The quantitative estimate of drug-likeness (QED) is 0.418. The molecule has 0 N–H and O–H groups in total. The zero-order valence-electron chi connectivity index (χ0n) is 9.63. The van der Waals surface area contributed by atoms with Gasteiger partial charge >= 0.3 is 5.00 Å². The summed E-state index contributed by atoms with van der Waals surface area (Å²) < 4.78 is 0. The fourth-order valence-electron chi connectivity index (χ4n) is 1.67. The molecule has 2 aromatic heterocycles. The van der Waals surface area contributed by atoms with Crippen molar-refractivity contribution < 1.29 is 4.92 Å². The molecule has 2 heterocycles. The minimum absolute atomic E-state index is 0.103. The summed E-state index contributed by atoms with van der Waals surface area (Å²) in [5.41, 5.74) is 0.893. The molecular formula is C12H8N4O2S. The van der Waals surface area contributed by atoms with Gasteiger partial charge in [0.2, 0.25) is 0 Å². The molecule has 0 atom stereocenters. The number of hydrogen-bond acceptors (Lipinski definition) is 5. The van der Waals surface area contributed by atoms with E-state index in [1.165, 1.54) is 10.9 Å². The van der Waals surface area contributed by atoms with Gasteiger partial charge in [0.1, 0.15) is 0 Å². The van der Waals surface area contributed by atoms with Crippen molar-refractivity contribution in [2.75, 3.05) is 0 Å². The van der Waals surface area contributed by atoms with Crippen LogP contribution in [-0.2, 0) is 0 Å². The van der Waals surface area contributed by atoms with Gasteiger partial charge in [-0.15, -0.1) is 0 Å². The Morgan fingerprint density at radius 1 is 1.32 bits per heavy atom. The number of rotatable bonds is 3. The lowest BCUT2D eigenvalue weighted by molar-refractivity contribution is -0.380. The average molecular weight is 272 g/mol. The highest BCUT2D eigenvalue weighted by molar-refractivity contribution is 7.16. The van der Waals surface area contributed by atoms with Gasteiger partial charge in [-0.3, -0.25) is 10.1 Å². The zero-order valence-corrected chi connectivity index (χ0v) is 10.4. The summed E-state index contributed by atoms with van der Waals surface area (Å²) in [6.45, 7) is 0. The van der Waals surface area contributed by atoms with Crippen LogP contribution in [0.1, 0.15) is 4.88 Å². The van der Waals surface area contributed by atoms with Crippen LogP contribution in [0.5, 0.6) is 0 Å². The van der Waals surface area contributed by atoms with Crippen LogP contribution in [0.3, 0.4) is 0 Å². The van der Waals surface area contributed by atoms with Gasteiger partial charge in [-0.1, -0.05) is 29.5 Å². The Morgan fingerprint density at radius 3 is 2.95 bits per heavy atom. The molecule has 7 heteroatoms. The van der Waals surface area contributed by atoms with Gasteiger partial charge < -0.3 is 0 Å². The lowest BCUT2D eigenvalue weighted by atomic mass is 10.3. The van der Waals surface area contributed by atoms with Gasteiger partial charge in [0.05, 0.1) is 27.7 Å². The van der Waals surface area contributed by atoms with E-state index in [-0.39, 0.29) is 5.00 Å². The SMILES string of the molecule is O=[N+]([O-])c1ccc(/C=N/n2ncc3ccccc32)s1. The molecule has 0 aliphatic rings. The summed E-state index contributed by atoms with van der Waals surface area (Å²) in [6.07, 6.45) is 3.29. The van der Waals surface area contributed by atoms with Crippen LogP contribution < -0.4 is 0 Å². The van der Waals surface area contributed by atoms with Gasteiger partial charge in [0.25, 0.3) is 0 Å². The number of nitrogens with zero attached hydrogens (tertiary/aromatic N) is 4. The second-order valence-corrected chi connectivity index (χ2v) is 4.86. The van der Waals surface area contributed by atoms with Crippen molar-refractivity contribution in [2.45, 2.75) is 0 Å². The standard InChI is InChI=1S/C12H8N4O2S/c17-16(18)12-6-5-10(19-12)8-14-15-11-4-2-1-3-9(11)7-13-15/h1-8H/b14-8+. The highest BCUT2D eigenvalue weighted by Crippen LogP contribution is 2.22. The molecule has 19 heavy (non-hydrogen) atoms. The Labute approximate surface area is 111 Å². The molecule has 0 amide bonds. The second-order valence-electron chi connectivity index (χ2n) is 3.77. The summed E-state index contributed by atoms with van der Waals surface area (Å²) in [6, 6.07) is 10.8. The molecule has 94 valence electrons. The van der Waals surface area contributed by atoms with E-state index in [4.69, 9.17) is 0 Å². The van der Waals surface area contributed by atoms with Crippen molar-refractivity contribution in [1.29, 1.82) is 0 Å². The van der Waals surface area contributed by atoms with Crippen LogP contribution in [0.15, 0.2) is 47.7 Å². The lowest BCUT2D eigenvalue weighted by Gasteiger charge is -1.93. The van der Waals surface area contributed by atoms with Gasteiger partial charge in [0, 0.05) is 11.5 Å². The van der Waals surface area contributed by atoms with E-state index in [0.29, 0.717) is 4.88 Å². The Bertz CT molecular complexity index is 775. The largest absolute Gasteiger partial charge is 0.324 e. The number of para-hydroxylation sites is 1. The molecule has 3 aromatic rings. The van der Waals surface area contributed by atoms with Gasteiger partial charge in [-0.05, 0) is 12.1 Å². The molecule has 0 saturated carbocycles. The fourth-order valence-corrected chi connectivity index (χ4v) is 2.36. The van der Waals surface area contributed by atoms with E-state index in [9.17, 15) is 10.1 Å². The molecular weight excluding hydrogens is 264 g/mol. The first-order chi connectivity index (χ1) is 9.24. The summed E-state index contributed by atoms with van der Waals surface area (Å²) in [4.78, 5) is 12.4. The molecule has 0 saturated heterocycles. The minimum atomic E-state index is -0.411.